The summed E-state index contributed by atoms with van der Waals surface area (Å²) in [6, 6.07) is 9.98. The van der Waals surface area contributed by atoms with Crippen molar-refractivity contribution in [1.29, 1.82) is 0 Å². The average Bonchev–Trinajstić information content (AvgIpc) is 2.84. The molecule has 0 aliphatic carbocycles. The molecule has 0 unspecified atom stereocenters. The van der Waals surface area contributed by atoms with Crippen molar-refractivity contribution in [3.8, 4) is 16.9 Å². The summed E-state index contributed by atoms with van der Waals surface area (Å²) >= 11 is 0. The Hall–Kier alpha value is -4.41. The van der Waals surface area contributed by atoms with Crippen LogP contribution in [-0.2, 0) is 17.4 Å². The predicted molar refractivity (Wildman–Crippen MR) is 136 cm³/mol. The van der Waals surface area contributed by atoms with Gasteiger partial charge in [-0.25, -0.2) is 4.79 Å². The van der Waals surface area contributed by atoms with E-state index in [0.29, 0.717) is 6.07 Å². The fraction of sp³-hybridized carbons (Fsp3) is 0.259. The van der Waals surface area contributed by atoms with Crippen LogP contribution < -0.4 is 15.4 Å². The fourth-order valence-electron chi connectivity index (χ4n) is 3.84. The minimum absolute atomic E-state index is 0.103. The van der Waals surface area contributed by atoms with Crippen molar-refractivity contribution in [1.82, 2.24) is 4.98 Å². The van der Waals surface area contributed by atoms with Crippen LogP contribution in [0.3, 0.4) is 0 Å². The molecule has 200 valence electrons. The third-order valence-electron chi connectivity index (χ3n) is 5.56. The minimum atomic E-state index is -4.84. The molecule has 0 saturated heterocycles. The summed E-state index contributed by atoms with van der Waals surface area (Å²) in [6.45, 7) is 5.20. The minimum Gasteiger partial charge on any atom is -0.493 e. The van der Waals surface area contributed by atoms with Crippen LogP contribution in [-0.4, -0.2) is 34.5 Å². The van der Waals surface area contributed by atoms with E-state index < -0.39 is 47.4 Å². The number of hydrogen-bond donors (Lipinski definition) is 3. The fourth-order valence-corrected chi connectivity index (χ4v) is 3.84. The van der Waals surface area contributed by atoms with Crippen molar-refractivity contribution in [2.75, 3.05) is 17.2 Å². The maximum atomic E-state index is 13.6. The normalized spacial score (nSPS) is 11.1. The van der Waals surface area contributed by atoms with Crippen molar-refractivity contribution < 1.29 is 37.4 Å². The summed E-state index contributed by atoms with van der Waals surface area (Å²) in [5.41, 5.74) is 1.67. The number of Topliss-reactive ketones (excluding diaryl/α,β-unsaturated/α-hetero) is 1. The number of halogens is 3. The van der Waals surface area contributed by atoms with Gasteiger partial charge in [0.15, 0.2) is 5.78 Å². The molecular formula is C27H26F3N3O5. The van der Waals surface area contributed by atoms with Crippen molar-refractivity contribution in [3.63, 3.8) is 0 Å². The number of ketones is 1. The van der Waals surface area contributed by atoms with E-state index in [1.165, 1.54) is 13.0 Å². The second-order valence-corrected chi connectivity index (χ2v) is 8.32. The molecular weight excluding hydrogens is 503 g/mol. The van der Waals surface area contributed by atoms with Crippen LogP contribution in [0.1, 0.15) is 47.4 Å². The van der Waals surface area contributed by atoms with Crippen molar-refractivity contribution >= 4 is 29.2 Å². The van der Waals surface area contributed by atoms with Gasteiger partial charge in [-0.1, -0.05) is 25.1 Å². The van der Waals surface area contributed by atoms with E-state index in [2.05, 4.69) is 10.3 Å². The van der Waals surface area contributed by atoms with Gasteiger partial charge in [0.25, 0.3) is 0 Å². The zero-order valence-corrected chi connectivity index (χ0v) is 20.9. The molecule has 8 nitrogen and oxygen atoms in total. The summed E-state index contributed by atoms with van der Waals surface area (Å²) in [7, 11) is 0. The second-order valence-electron chi connectivity index (χ2n) is 8.32. The van der Waals surface area contributed by atoms with Crippen LogP contribution in [0.15, 0.2) is 48.7 Å². The topological polar surface area (TPSA) is 118 Å². The molecule has 0 aliphatic heterocycles. The monoisotopic (exact) mass is 529 g/mol. The Morgan fingerprint density at radius 3 is 2.37 bits per heavy atom. The van der Waals surface area contributed by atoms with Gasteiger partial charge in [0, 0.05) is 23.5 Å². The molecule has 0 aliphatic rings. The first-order valence-electron chi connectivity index (χ1n) is 11.7. The lowest BCUT2D eigenvalue weighted by atomic mass is 9.96. The number of aryl methyl sites for hydroxylation is 2. The van der Waals surface area contributed by atoms with Gasteiger partial charge in [-0.15, -0.1) is 0 Å². The number of rotatable bonds is 9. The highest BCUT2D eigenvalue weighted by Gasteiger charge is 2.36. The number of benzene rings is 2. The number of nitrogens with one attached hydrogen (secondary N) is 2. The number of carboxylic acid groups (broad SMARTS) is 1. The Morgan fingerprint density at radius 1 is 1.03 bits per heavy atom. The lowest BCUT2D eigenvalue weighted by molar-refractivity contribution is -0.138. The lowest BCUT2D eigenvalue weighted by Gasteiger charge is -2.18. The molecule has 2 aromatic carbocycles. The number of pyridine rings is 1. The zero-order chi connectivity index (χ0) is 28.0. The van der Waals surface area contributed by atoms with Crippen LogP contribution in [0.5, 0.6) is 5.75 Å². The highest BCUT2D eigenvalue weighted by molar-refractivity contribution is 6.12. The van der Waals surface area contributed by atoms with E-state index in [-0.39, 0.29) is 17.9 Å². The maximum Gasteiger partial charge on any atom is 0.420 e. The van der Waals surface area contributed by atoms with Gasteiger partial charge in [-0.3, -0.25) is 19.9 Å². The number of amides is 2. The summed E-state index contributed by atoms with van der Waals surface area (Å²) in [5, 5.41) is 13.3. The molecule has 3 aromatic rings. The number of carbonyl (C=O) groups excluding carboxylic acids is 2. The Kier molecular flexibility index (Phi) is 8.72. The van der Waals surface area contributed by atoms with Crippen molar-refractivity contribution in [2.45, 2.75) is 39.8 Å². The number of carbonyl (C=O) groups is 3. The van der Waals surface area contributed by atoms with E-state index in [0.717, 1.165) is 34.9 Å². The van der Waals surface area contributed by atoms with E-state index in [4.69, 9.17) is 9.84 Å². The zero-order valence-electron chi connectivity index (χ0n) is 20.9. The lowest BCUT2D eigenvalue weighted by Crippen LogP contribution is -2.20. The average molecular weight is 530 g/mol. The third-order valence-corrected chi connectivity index (χ3v) is 5.56. The largest absolute Gasteiger partial charge is 0.493 e. The van der Waals surface area contributed by atoms with E-state index in [9.17, 15) is 27.6 Å². The number of ether oxygens (including phenoxy) is 1. The maximum absolute atomic E-state index is 13.6. The Balaban J connectivity index is 1.88. The molecule has 1 heterocycles. The first-order chi connectivity index (χ1) is 17.9. The Bertz CT molecular complexity index is 1370. The molecule has 0 radical (unpaired) electrons. The molecule has 0 bridgehead atoms. The number of hydrogen-bond acceptors (Lipinski definition) is 5. The van der Waals surface area contributed by atoms with E-state index >= 15 is 0 Å². The summed E-state index contributed by atoms with van der Waals surface area (Å²) in [6.07, 6.45) is -4.60. The first-order valence-corrected chi connectivity index (χ1v) is 11.7. The van der Waals surface area contributed by atoms with E-state index in [1.807, 2.05) is 31.3 Å². The number of alkyl halides is 3. The predicted octanol–water partition coefficient (Wildman–Crippen LogP) is 6.34. The molecule has 2 amide bonds. The van der Waals surface area contributed by atoms with Crippen LogP contribution >= 0.6 is 0 Å². The van der Waals surface area contributed by atoms with Gasteiger partial charge < -0.3 is 15.2 Å². The van der Waals surface area contributed by atoms with Gasteiger partial charge in [-0.2, -0.15) is 13.2 Å². The summed E-state index contributed by atoms with van der Waals surface area (Å²) in [5.74, 6) is -2.09. The SMILES string of the molecule is CCOc1cc(NC(=O)O)c(NC(=O)CC(=O)c2cccc(-c3cc(C)ncc3CC)c2)cc1C(F)(F)F. The number of anilines is 2. The first kappa shape index (κ1) is 28.2. The number of aromatic nitrogens is 1. The van der Waals surface area contributed by atoms with Crippen LogP contribution in [0, 0.1) is 6.92 Å². The summed E-state index contributed by atoms with van der Waals surface area (Å²) in [4.78, 5) is 41.1. The molecule has 0 spiro atoms. The molecule has 1 aromatic heterocycles. The smallest absolute Gasteiger partial charge is 0.420 e. The van der Waals surface area contributed by atoms with Gasteiger partial charge in [0.1, 0.15) is 5.75 Å². The standard InChI is InChI=1S/C27H26F3N3O5/c1-4-16-14-31-15(3)9-19(16)17-7-6-8-18(10-17)23(34)13-25(35)32-21-11-20(27(28,29)30)24(38-5-2)12-22(21)33-26(36)37/h6-12,14,33H,4-5,13H2,1-3H3,(H,32,35)(H,36,37). The summed E-state index contributed by atoms with van der Waals surface area (Å²) < 4.78 is 45.8. The van der Waals surface area contributed by atoms with Gasteiger partial charge in [0.2, 0.25) is 5.91 Å². The Morgan fingerprint density at radius 2 is 1.74 bits per heavy atom. The molecule has 0 atom stereocenters. The van der Waals surface area contributed by atoms with Gasteiger partial charge in [-0.05, 0) is 55.2 Å². The Labute approximate surface area is 216 Å². The van der Waals surface area contributed by atoms with Crippen LogP contribution in [0.25, 0.3) is 11.1 Å². The van der Waals surface area contributed by atoms with Gasteiger partial charge in [0.05, 0.1) is 30.0 Å². The molecule has 0 fully saturated rings. The van der Waals surface area contributed by atoms with Crippen molar-refractivity contribution in [3.05, 3.63) is 71.0 Å². The molecule has 3 N–H and O–H groups in total. The van der Waals surface area contributed by atoms with Crippen LogP contribution in [0.2, 0.25) is 0 Å². The van der Waals surface area contributed by atoms with Crippen molar-refractivity contribution in [2.24, 2.45) is 0 Å². The number of nitrogens with zero attached hydrogens (tertiary/aromatic N) is 1. The van der Waals surface area contributed by atoms with Crippen LogP contribution in [0.4, 0.5) is 29.3 Å². The highest BCUT2D eigenvalue weighted by atomic mass is 19.4. The van der Waals surface area contributed by atoms with Gasteiger partial charge >= 0.3 is 12.3 Å². The quantitative estimate of drug-likeness (QED) is 0.220. The molecule has 38 heavy (non-hydrogen) atoms. The second kappa shape index (κ2) is 11.8. The third kappa shape index (κ3) is 6.87. The molecule has 11 heteroatoms. The highest BCUT2D eigenvalue weighted by Crippen LogP contribution is 2.41. The van der Waals surface area contributed by atoms with E-state index in [1.54, 1.807) is 18.3 Å². The molecule has 3 rings (SSSR count). The molecule has 0 saturated carbocycles.